The van der Waals surface area contributed by atoms with Gasteiger partial charge in [0, 0.05) is 61.9 Å². The van der Waals surface area contributed by atoms with E-state index in [-0.39, 0.29) is 19.2 Å². The summed E-state index contributed by atoms with van der Waals surface area (Å²) in [4.78, 5) is 34.4. The highest BCUT2D eigenvalue weighted by Crippen LogP contribution is 2.36. The summed E-state index contributed by atoms with van der Waals surface area (Å²) in [5.41, 5.74) is 4.38. The Morgan fingerprint density at radius 3 is 2.72 bits per heavy atom. The number of benzene rings is 2. The number of carbonyl (C=O) groups excluding carboxylic acids is 1. The molecule has 0 spiro atoms. The van der Waals surface area contributed by atoms with E-state index in [1.54, 1.807) is 0 Å². The minimum atomic E-state index is -1.01. The van der Waals surface area contributed by atoms with Gasteiger partial charge in [-0.2, -0.15) is 9.97 Å². The van der Waals surface area contributed by atoms with Gasteiger partial charge in [-0.1, -0.05) is 36.9 Å². The Bertz CT molecular complexity index is 1670. The topological polar surface area (TPSA) is 78.6 Å². The number of aryl methyl sites for hydroxylation is 1. The molecule has 0 radical (unpaired) electrons. The van der Waals surface area contributed by atoms with Gasteiger partial charge in [-0.25, -0.2) is 11.0 Å². The molecule has 0 saturated carbocycles. The van der Waals surface area contributed by atoms with Gasteiger partial charge >= 0.3 is 6.01 Å². The Balaban J connectivity index is 1.27. The van der Waals surface area contributed by atoms with Gasteiger partial charge in [0.1, 0.15) is 11.9 Å². The van der Waals surface area contributed by atoms with Crippen LogP contribution in [0.1, 0.15) is 37.1 Å². The van der Waals surface area contributed by atoms with Crippen molar-refractivity contribution in [3.05, 3.63) is 77.0 Å². The van der Waals surface area contributed by atoms with Crippen LogP contribution >= 0.6 is 0 Å². The maximum atomic E-state index is 13.9. The van der Waals surface area contributed by atoms with Gasteiger partial charge in [0.15, 0.2) is 5.83 Å². The van der Waals surface area contributed by atoms with Gasteiger partial charge in [0.25, 0.3) is 5.91 Å². The number of anilines is 2. The van der Waals surface area contributed by atoms with Crippen molar-refractivity contribution in [1.29, 1.82) is 0 Å². The highest BCUT2D eigenvalue weighted by atomic mass is 19.1. The van der Waals surface area contributed by atoms with Gasteiger partial charge in [-0.05, 0) is 50.6 Å². The Kier molecular flexibility index (Phi) is 9.89. The summed E-state index contributed by atoms with van der Waals surface area (Å²) in [5.74, 6) is -0.985. The summed E-state index contributed by atoms with van der Waals surface area (Å²) in [6.45, 7) is 22.7. The second kappa shape index (κ2) is 14.2. The maximum Gasteiger partial charge on any atom is 0.318 e. The van der Waals surface area contributed by atoms with Crippen molar-refractivity contribution in [2.75, 3.05) is 68.8 Å². The third kappa shape index (κ3) is 7.04. The molecular formula is C36H44FN7O3. The predicted octanol–water partition coefficient (Wildman–Crippen LogP) is 4.80. The summed E-state index contributed by atoms with van der Waals surface area (Å²) in [7, 11) is 0. The Morgan fingerprint density at radius 1 is 1.13 bits per heavy atom. The molecule has 47 heavy (non-hydrogen) atoms. The number of amides is 1. The van der Waals surface area contributed by atoms with Crippen molar-refractivity contribution >= 4 is 28.2 Å². The molecular weight excluding hydrogens is 597 g/mol. The summed E-state index contributed by atoms with van der Waals surface area (Å²) in [6.07, 6.45) is 1.78. The first-order valence-electron chi connectivity index (χ1n) is 16.6. The molecule has 3 aromatic rings. The number of carbonyl (C=O) groups is 1. The van der Waals surface area contributed by atoms with Gasteiger partial charge in [-0.15, -0.1) is 0 Å². The molecule has 3 aliphatic heterocycles. The number of hydrogen-bond acceptors (Lipinski definition) is 8. The van der Waals surface area contributed by atoms with Gasteiger partial charge in [-0.3, -0.25) is 9.69 Å². The number of piperazine rings is 1. The third-order valence-electron chi connectivity index (χ3n) is 9.59. The van der Waals surface area contributed by atoms with Crippen molar-refractivity contribution in [2.24, 2.45) is 0 Å². The first-order chi connectivity index (χ1) is 22.7. The van der Waals surface area contributed by atoms with Crippen molar-refractivity contribution in [1.82, 2.24) is 19.8 Å². The normalized spacial score (nSPS) is 21.8. The average Bonchev–Trinajstić information content (AvgIpc) is 3.07. The third-order valence-corrected chi connectivity index (χ3v) is 9.59. The Labute approximate surface area is 276 Å². The predicted molar refractivity (Wildman–Crippen MR) is 181 cm³/mol. The Hall–Kier alpha value is -4.27. The van der Waals surface area contributed by atoms with Crippen molar-refractivity contribution in [3.63, 3.8) is 0 Å². The second-order valence-electron chi connectivity index (χ2n) is 12.9. The largest absolute Gasteiger partial charge is 0.463 e. The van der Waals surface area contributed by atoms with E-state index in [9.17, 15) is 9.18 Å². The lowest BCUT2D eigenvalue weighted by atomic mass is 9.99. The maximum absolute atomic E-state index is 13.9. The number of halogens is 1. The van der Waals surface area contributed by atoms with Crippen molar-refractivity contribution in [2.45, 2.75) is 58.3 Å². The molecule has 3 atom stereocenters. The van der Waals surface area contributed by atoms with Crippen LogP contribution in [0.2, 0.25) is 0 Å². The highest BCUT2D eigenvalue weighted by molar-refractivity contribution is 5.97. The fraction of sp³-hybridized carbons (Fsp3) is 0.500. The van der Waals surface area contributed by atoms with Crippen LogP contribution in [0.25, 0.3) is 15.6 Å². The first-order valence-corrected chi connectivity index (χ1v) is 16.6. The van der Waals surface area contributed by atoms with Crippen molar-refractivity contribution < 1.29 is 18.7 Å². The van der Waals surface area contributed by atoms with E-state index in [2.05, 4.69) is 83.3 Å². The lowest BCUT2D eigenvalue weighted by Crippen LogP contribution is -2.57. The van der Waals surface area contributed by atoms with Crippen LogP contribution in [0.5, 0.6) is 6.01 Å². The number of ether oxygens (including phenoxy) is 2. The molecule has 248 valence electrons. The number of rotatable bonds is 9. The quantitative estimate of drug-likeness (QED) is 0.188. The van der Waals surface area contributed by atoms with Crippen LogP contribution in [0.3, 0.4) is 0 Å². The zero-order chi connectivity index (χ0) is 33.1. The summed E-state index contributed by atoms with van der Waals surface area (Å²) in [5, 5.41) is 2.45. The zero-order valence-electron chi connectivity index (χ0n) is 27.6. The van der Waals surface area contributed by atoms with Gasteiger partial charge < -0.3 is 29.0 Å². The molecule has 0 N–H and O–H groups in total. The van der Waals surface area contributed by atoms with Gasteiger partial charge in [0.2, 0.25) is 6.54 Å². The molecule has 1 amide bonds. The smallest absolute Gasteiger partial charge is 0.318 e. The van der Waals surface area contributed by atoms with E-state index in [4.69, 9.17) is 26.0 Å². The van der Waals surface area contributed by atoms with E-state index in [1.807, 2.05) is 0 Å². The second-order valence-corrected chi connectivity index (χ2v) is 12.9. The number of hydrogen-bond donors (Lipinski definition) is 0. The summed E-state index contributed by atoms with van der Waals surface area (Å²) in [6, 6.07) is 13.0. The lowest BCUT2D eigenvalue weighted by molar-refractivity contribution is -0.131. The van der Waals surface area contributed by atoms with Crippen LogP contribution < -0.4 is 14.5 Å². The number of aromatic nitrogens is 2. The van der Waals surface area contributed by atoms with Crippen molar-refractivity contribution in [3.8, 4) is 6.01 Å². The van der Waals surface area contributed by atoms with Crippen LogP contribution in [0.15, 0.2) is 48.8 Å². The SMILES string of the molecule is [C-]#[N+]C[C@H]1CN(c2nc(OCCCN3C[C@H](C)OC[C@@H]3C)nc3c2CCN(c2cccc4cccc(C)c24)C3)CCN1C(=O)C(=C)F. The number of nitrogens with zero attached hydrogens (tertiary/aromatic N) is 7. The molecule has 3 aliphatic rings. The highest BCUT2D eigenvalue weighted by Gasteiger charge is 2.36. The molecule has 2 fully saturated rings. The van der Waals surface area contributed by atoms with Crippen LogP contribution in [0, 0.1) is 13.5 Å². The molecule has 10 nitrogen and oxygen atoms in total. The van der Waals surface area contributed by atoms with E-state index >= 15 is 0 Å². The fourth-order valence-corrected chi connectivity index (χ4v) is 7.14. The summed E-state index contributed by atoms with van der Waals surface area (Å²) >= 11 is 0. The van der Waals surface area contributed by atoms with E-state index in [0.29, 0.717) is 38.3 Å². The molecule has 6 rings (SSSR count). The molecule has 2 aromatic carbocycles. The number of morpholine rings is 1. The van der Waals surface area contributed by atoms with Crippen LogP contribution in [-0.2, 0) is 22.5 Å². The molecule has 11 heteroatoms. The number of fused-ring (bicyclic) bond motifs is 2. The average molecular weight is 642 g/mol. The minimum absolute atomic E-state index is 0.0684. The van der Waals surface area contributed by atoms with Crippen LogP contribution in [0.4, 0.5) is 15.9 Å². The fourth-order valence-electron chi connectivity index (χ4n) is 7.14. The monoisotopic (exact) mass is 641 g/mol. The molecule has 1 aromatic heterocycles. The summed E-state index contributed by atoms with van der Waals surface area (Å²) < 4.78 is 25.9. The minimum Gasteiger partial charge on any atom is -0.463 e. The molecule has 0 unspecified atom stereocenters. The molecule has 0 aliphatic carbocycles. The first kappa shape index (κ1) is 32.7. The van der Waals surface area contributed by atoms with E-state index in [0.717, 1.165) is 56.2 Å². The molecule has 0 bridgehead atoms. The van der Waals surface area contributed by atoms with E-state index in [1.165, 1.54) is 26.9 Å². The van der Waals surface area contributed by atoms with E-state index < -0.39 is 17.8 Å². The lowest BCUT2D eigenvalue weighted by Gasteiger charge is -2.41. The Morgan fingerprint density at radius 2 is 1.94 bits per heavy atom. The molecule has 4 heterocycles. The zero-order valence-corrected chi connectivity index (χ0v) is 27.6. The molecule has 2 saturated heterocycles. The standard InChI is InChI=1S/C36H44FN7O3/c1-24-9-6-10-28-11-7-12-32(33(24)28)42-15-13-30-31(22-42)39-36(46-18-8-14-41-20-26(3)47-23-25(41)2)40-34(30)43-16-17-44(35(45)27(4)37)29(21-43)19-38-5/h6-7,9-12,25-26,29H,4,8,13-23H2,1-3H3/t25-,26-,29-/m0/s1. The van der Waals surface area contributed by atoms with Crippen LogP contribution in [-0.4, -0.2) is 103 Å². The van der Waals surface area contributed by atoms with Gasteiger partial charge in [0.05, 0.1) is 31.6 Å².